The van der Waals surface area contributed by atoms with E-state index in [1.807, 2.05) is 4.57 Å². The highest BCUT2D eigenvalue weighted by molar-refractivity contribution is 7.52. The van der Waals surface area contributed by atoms with E-state index < -0.39 is 32.1 Å². The molecule has 14 heteroatoms. The number of carbonyl (C=O) groups is 1. The number of hydrogen-bond donors (Lipinski definition) is 3. The lowest BCUT2D eigenvalue weighted by molar-refractivity contribution is -0.149. The first kappa shape index (κ1) is 28.8. The van der Waals surface area contributed by atoms with E-state index in [-0.39, 0.29) is 24.1 Å². The molecule has 0 bridgehead atoms. The number of imidazole rings is 1. The van der Waals surface area contributed by atoms with Crippen molar-refractivity contribution in [3.05, 3.63) is 36.7 Å². The number of benzene rings is 1. The van der Waals surface area contributed by atoms with E-state index >= 15 is 0 Å². The second-order valence-corrected chi connectivity index (χ2v) is 12.0. The molecule has 4 rings (SSSR count). The third-order valence-corrected chi connectivity index (χ3v) is 7.77. The summed E-state index contributed by atoms with van der Waals surface area (Å²) in [6, 6.07) is 7.65. The minimum Gasteiger partial charge on any atom is -0.462 e. The number of carbonyl (C=O) groups excluding carboxylic acids is 1. The van der Waals surface area contributed by atoms with Crippen LogP contribution in [0.1, 0.15) is 47.3 Å². The van der Waals surface area contributed by atoms with E-state index in [0.717, 1.165) is 0 Å². The maximum atomic E-state index is 13.8. The number of esters is 1. The van der Waals surface area contributed by atoms with Crippen LogP contribution in [-0.2, 0) is 23.4 Å². The zero-order valence-corrected chi connectivity index (χ0v) is 23.8. The Morgan fingerprint density at radius 3 is 2.64 bits per heavy atom. The van der Waals surface area contributed by atoms with Crippen molar-refractivity contribution in [2.45, 2.75) is 65.5 Å². The van der Waals surface area contributed by atoms with Gasteiger partial charge in [-0.05, 0) is 39.3 Å². The van der Waals surface area contributed by atoms with Gasteiger partial charge >= 0.3 is 13.7 Å². The molecule has 0 radical (unpaired) electrons. The first-order valence-electron chi connectivity index (χ1n) is 12.7. The SMILES string of the molecule is CNc1nc(N)nc2c1ncn2[C@@H]1O[C@H](CO[P@@](=O)(N[C@H](C)C(=O)OC(C)C)Oc2ccccc2)CC1(C)C. The molecule has 1 fully saturated rings. The molecule has 4 N–H and O–H groups in total. The number of fused-ring (bicyclic) bond motifs is 1. The highest BCUT2D eigenvalue weighted by atomic mass is 31.2. The number of nitrogens with two attached hydrogens (primary N) is 1. The van der Waals surface area contributed by atoms with E-state index in [1.165, 1.54) is 6.92 Å². The van der Waals surface area contributed by atoms with Gasteiger partial charge in [0.2, 0.25) is 5.95 Å². The number of para-hydroxylation sites is 1. The largest absolute Gasteiger partial charge is 0.462 e. The molecule has 0 amide bonds. The number of ether oxygens (including phenoxy) is 2. The van der Waals surface area contributed by atoms with Gasteiger partial charge in [0.15, 0.2) is 17.0 Å². The Morgan fingerprint density at radius 2 is 1.97 bits per heavy atom. The van der Waals surface area contributed by atoms with Crippen molar-refractivity contribution in [3.8, 4) is 5.75 Å². The Labute approximate surface area is 227 Å². The molecule has 13 nitrogen and oxygen atoms in total. The van der Waals surface area contributed by atoms with Crippen LogP contribution in [-0.4, -0.2) is 57.4 Å². The van der Waals surface area contributed by atoms with E-state index in [2.05, 4.69) is 39.2 Å². The van der Waals surface area contributed by atoms with Crippen LogP contribution < -0.4 is 20.7 Å². The Bertz CT molecular complexity index is 1350. The maximum Gasteiger partial charge on any atom is 0.459 e. The second-order valence-electron chi connectivity index (χ2n) is 10.3. The summed E-state index contributed by atoms with van der Waals surface area (Å²) in [6.45, 7) is 9.05. The summed E-state index contributed by atoms with van der Waals surface area (Å²) in [4.78, 5) is 25.4. The molecule has 0 spiro atoms. The normalized spacial score (nSPS) is 21.0. The molecular weight excluding hydrogens is 525 g/mol. The summed E-state index contributed by atoms with van der Waals surface area (Å²) in [5.74, 6) is 0.380. The molecule has 0 unspecified atom stereocenters. The van der Waals surface area contributed by atoms with Crippen LogP contribution in [0.4, 0.5) is 11.8 Å². The lowest BCUT2D eigenvalue weighted by Gasteiger charge is -2.26. The lowest BCUT2D eigenvalue weighted by Crippen LogP contribution is -2.36. The molecule has 1 aliphatic heterocycles. The maximum absolute atomic E-state index is 13.8. The zero-order chi connectivity index (χ0) is 28.4. The predicted octanol–water partition coefficient (Wildman–Crippen LogP) is 3.90. The highest BCUT2D eigenvalue weighted by Gasteiger charge is 2.45. The minimum atomic E-state index is -4.02. The quantitative estimate of drug-likeness (QED) is 0.229. The van der Waals surface area contributed by atoms with Crippen molar-refractivity contribution >= 4 is 36.6 Å². The number of aromatic nitrogens is 4. The van der Waals surface area contributed by atoms with Crippen molar-refractivity contribution in [2.75, 3.05) is 24.7 Å². The monoisotopic (exact) mass is 561 g/mol. The Morgan fingerprint density at radius 1 is 1.26 bits per heavy atom. The first-order chi connectivity index (χ1) is 18.4. The lowest BCUT2D eigenvalue weighted by atomic mass is 9.87. The topological polar surface area (TPSA) is 165 Å². The standard InChI is InChI=1S/C25H36N7O6P/c1-15(2)36-22(33)16(3)31-39(34,38-17-10-8-7-9-11-17)35-13-18-12-25(4,5)23(37-18)32-14-28-19-20(27-6)29-24(26)30-21(19)32/h7-11,14-16,18,23H,12-13H2,1-6H3,(H,31,34)(H3,26,27,29,30)/t16-,18+,23-,39+/m1/s1. The molecule has 3 aromatic rings. The molecule has 2 aromatic heterocycles. The van der Waals surface area contributed by atoms with Gasteiger partial charge < -0.3 is 25.0 Å². The van der Waals surface area contributed by atoms with Gasteiger partial charge in [0, 0.05) is 12.5 Å². The average molecular weight is 562 g/mol. The van der Waals surface area contributed by atoms with Gasteiger partial charge in [-0.1, -0.05) is 32.0 Å². The number of nitrogen functional groups attached to an aromatic ring is 1. The fraction of sp³-hybridized carbons (Fsp3) is 0.520. The molecule has 1 aromatic carbocycles. The molecule has 4 atom stereocenters. The van der Waals surface area contributed by atoms with Crippen LogP contribution in [0, 0.1) is 5.41 Å². The molecule has 39 heavy (non-hydrogen) atoms. The highest BCUT2D eigenvalue weighted by Crippen LogP contribution is 2.49. The van der Waals surface area contributed by atoms with Crippen LogP contribution in [0.2, 0.25) is 0 Å². The zero-order valence-electron chi connectivity index (χ0n) is 23.0. The smallest absolute Gasteiger partial charge is 0.459 e. The predicted molar refractivity (Wildman–Crippen MR) is 146 cm³/mol. The summed E-state index contributed by atoms with van der Waals surface area (Å²) in [7, 11) is -2.29. The van der Waals surface area contributed by atoms with Crippen molar-refractivity contribution < 1.29 is 27.9 Å². The van der Waals surface area contributed by atoms with Gasteiger partial charge in [-0.25, -0.2) is 9.55 Å². The molecule has 3 heterocycles. The number of nitrogens with zero attached hydrogens (tertiary/aromatic N) is 4. The van der Waals surface area contributed by atoms with Crippen LogP contribution in [0.3, 0.4) is 0 Å². The van der Waals surface area contributed by atoms with Crippen LogP contribution >= 0.6 is 7.75 Å². The summed E-state index contributed by atoms with van der Waals surface area (Å²) >= 11 is 0. The molecule has 1 saturated heterocycles. The van der Waals surface area contributed by atoms with Crippen LogP contribution in [0.5, 0.6) is 5.75 Å². The third kappa shape index (κ3) is 6.67. The number of hydrogen-bond acceptors (Lipinski definition) is 11. The van der Waals surface area contributed by atoms with Gasteiger partial charge in [-0.2, -0.15) is 15.1 Å². The van der Waals surface area contributed by atoms with Crippen molar-refractivity contribution in [3.63, 3.8) is 0 Å². The van der Waals surface area contributed by atoms with E-state index in [0.29, 0.717) is 29.2 Å². The molecular formula is C25H36N7O6P. The number of rotatable bonds is 11. The summed E-state index contributed by atoms with van der Waals surface area (Å²) < 4.78 is 38.8. The summed E-state index contributed by atoms with van der Waals surface area (Å²) in [6.07, 6.45) is 0.984. The van der Waals surface area contributed by atoms with Gasteiger partial charge in [-0.3, -0.25) is 13.9 Å². The van der Waals surface area contributed by atoms with Gasteiger partial charge in [-0.15, -0.1) is 0 Å². The van der Waals surface area contributed by atoms with Crippen molar-refractivity contribution in [2.24, 2.45) is 5.41 Å². The van der Waals surface area contributed by atoms with E-state index in [4.69, 9.17) is 24.3 Å². The molecule has 0 aliphatic carbocycles. The van der Waals surface area contributed by atoms with E-state index in [9.17, 15) is 9.36 Å². The Hall–Kier alpha value is -3.25. The fourth-order valence-electron chi connectivity index (χ4n) is 4.44. The van der Waals surface area contributed by atoms with E-state index in [1.54, 1.807) is 57.6 Å². The summed E-state index contributed by atoms with van der Waals surface area (Å²) in [5, 5.41) is 5.68. The minimum absolute atomic E-state index is 0.0610. The van der Waals surface area contributed by atoms with Gasteiger partial charge in [0.05, 0.1) is 25.1 Å². The van der Waals surface area contributed by atoms with Crippen molar-refractivity contribution in [1.29, 1.82) is 0 Å². The van der Waals surface area contributed by atoms with Crippen molar-refractivity contribution in [1.82, 2.24) is 24.6 Å². The number of anilines is 2. The van der Waals surface area contributed by atoms with Gasteiger partial charge in [0.1, 0.15) is 18.0 Å². The molecule has 1 aliphatic rings. The Kier molecular flexibility index (Phi) is 8.45. The fourth-order valence-corrected chi connectivity index (χ4v) is 5.96. The summed E-state index contributed by atoms with van der Waals surface area (Å²) in [5.41, 5.74) is 6.65. The van der Waals surface area contributed by atoms with Crippen LogP contribution in [0.15, 0.2) is 36.7 Å². The second kappa shape index (κ2) is 11.5. The Balaban J connectivity index is 1.52. The molecule has 212 valence electrons. The average Bonchev–Trinajstić information content (AvgIpc) is 3.41. The molecule has 0 saturated carbocycles. The van der Waals surface area contributed by atoms with Gasteiger partial charge in [0.25, 0.3) is 0 Å². The number of nitrogens with one attached hydrogen (secondary N) is 2. The van der Waals surface area contributed by atoms with Crippen LogP contribution in [0.25, 0.3) is 11.2 Å². The first-order valence-corrected chi connectivity index (χ1v) is 14.3. The third-order valence-electron chi connectivity index (χ3n) is 6.13.